The number of aromatic nitrogens is 4. The average molecular weight is 719 g/mol. The first kappa shape index (κ1) is 35.7. The fraction of sp³-hybridized carbons (Fsp3) is 0.375. The van der Waals surface area contributed by atoms with Gasteiger partial charge < -0.3 is 20.5 Å². The summed E-state index contributed by atoms with van der Waals surface area (Å²) >= 11 is 0. The van der Waals surface area contributed by atoms with Crippen LogP contribution in [0.3, 0.4) is 0 Å². The number of anilines is 2. The number of hydrogen-bond acceptors (Lipinski definition) is 10. The molecule has 13 nitrogen and oxygen atoms in total. The van der Waals surface area contributed by atoms with Crippen LogP contribution in [0.2, 0.25) is 0 Å². The Labute approximate surface area is 308 Å². The van der Waals surface area contributed by atoms with E-state index in [0.717, 1.165) is 92.9 Å². The summed E-state index contributed by atoms with van der Waals surface area (Å²) in [6, 6.07) is 22.5. The molecule has 0 spiro atoms. The van der Waals surface area contributed by atoms with Crippen LogP contribution < -0.4 is 26.4 Å². The summed E-state index contributed by atoms with van der Waals surface area (Å²) in [7, 11) is 1.75. The lowest BCUT2D eigenvalue weighted by Gasteiger charge is -2.36. The minimum absolute atomic E-state index is 0.160. The Morgan fingerprint density at radius 2 is 1.70 bits per heavy atom. The molecule has 0 saturated carbocycles. The second-order valence-electron chi connectivity index (χ2n) is 13.9. The van der Waals surface area contributed by atoms with E-state index in [9.17, 15) is 19.5 Å². The number of nitrogen functional groups attached to an aromatic ring is 1. The molecule has 2 aromatic heterocycles. The van der Waals surface area contributed by atoms with E-state index in [1.54, 1.807) is 28.3 Å². The largest absolute Gasteiger partial charge is 0.507 e. The lowest BCUT2D eigenvalue weighted by atomic mass is 10.0. The molecule has 1 unspecified atom stereocenters. The molecule has 13 heteroatoms. The number of phenolic OH excluding ortho intramolecular Hbond substituents is 1. The fourth-order valence-corrected chi connectivity index (χ4v) is 7.52. The summed E-state index contributed by atoms with van der Waals surface area (Å²) in [6.45, 7) is 4.81. The van der Waals surface area contributed by atoms with Gasteiger partial charge >= 0.3 is 5.69 Å². The SMILES string of the molecule is Cn1c(=O)n(C2CCC(=O)NC2=O)c2cccc(CCCCCCOc3cccc(CN4CCN(c5cc(-c6ccccc6O)nnc5N)CC4)c3)c21. The predicted octanol–water partition coefficient (Wildman–Crippen LogP) is 4.57. The number of unbranched alkanes of at least 4 members (excludes halogenated alkanes) is 3. The first-order chi connectivity index (χ1) is 25.8. The number of benzene rings is 3. The summed E-state index contributed by atoms with van der Waals surface area (Å²) < 4.78 is 9.31. The number of rotatable bonds is 13. The summed E-state index contributed by atoms with van der Waals surface area (Å²) in [5.74, 6) is 0.704. The molecular formula is C40H46N8O5. The van der Waals surface area contributed by atoms with Crippen molar-refractivity contribution in [2.24, 2.45) is 7.05 Å². The Bertz CT molecular complexity index is 2170. The van der Waals surface area contributed by atoms with E-state index in [4.69, 9.17) is 10.5 Å². The van der Waals surface area contributed by atoms with Gasteiger partial charge in [-0.25, -0.2) is 4.79 Å². The zero-order valence-corrected chi connectivity index (χ0v) is 30.0. The van der Waals surface area contributed by atoms with Crippen molar-refractivity contribution in [3.05, 3.63) is 94.4 Å². The normalized spacial score (nSPS) is 16.6. The molecule has 3 aromatic carbocycles. The summed E-state index contributed by atoms with van der Waals surface area (Å²) in [5.41, 5.74) is 11.9. The van der Waals surface area contributed by atoms with Gasteiger partial charge in [-0.2, -0.15) is 0 Å². The number of nitrogens with zero attached hydrogens (tertiary/aromatic N) is 6. The molecule has 7 rings (SSSR count). The van der Waals surface area contributed by atoms with Crippen LogP contribution in [0.5, 0.6) is 11.5 Å². The van der Waals surface area contributed by atoms with Crippen molar-refractivity contribution < 1.29 is 19.4 Å². The van der Waals surface area contributed by atoms with E-state index in [1.807, 2.05) is 42.5 Å². The monoisotopic (exact) mass is 718 g/mol. The molecule has 0 radical (unpaired) electrons. The Morgan fingerprint density at radius 1 is 0.906 bits per heavy atom. The van der Waals surface area contributed by atoms with E-state index < -0.39 is 11.9 Å². The number of amides is 2. The fourth-order valence-electron chi connectivity index (χ4n) is 7.52. The number of hydrogen-bond donors (Lipinski definition) is 3. The standard InChI is InChI=1S/C40H46N8O5/c1-45-37-28(12-9-15-32(37)48(40(45)52)33-17-18-36(50)42-39(33)51)11-4-2-3-7-23-53-29-13-8-10-27(24-29)26-46-19-21-47(22-20-46)34-25-31(43-44-38(34)41)30-14-5-6-16-35(30)49/h5-6,8-10,12-16,24-25,33,49H,2-4,7,11,17-23,26H2,1H3,(H2,41,44)(H,42,50,51). The van der Waals surface area contributed by atoms with Crippen molar-refractivity contribution in [1.82, 2.24) is 29.5 Å². The number of aryl methyl sites for hydroxylation is 2. The summed E-state index contributed by atoms with van der Waals surface area (Å²) in [4.78, 5) is 42.1. The molecular weight excluding hydrogens is 672 g/mol. The maximum atomic E-state index is 13.2. The number of imide groups is 1. The summed E-state index contributed by atoms with van der Waals surface area (Å²) in [6.07, 6.45) is 5.35. The molecule has 53 heavy (non-hydrogen) atoms. The Kier molecular flexibility index (Phi) is 10.7. The van der Waals surface area contributed by atoms with Crippen LogP contribution in [-0.4, -0.2) is 73.9 Å². The molecule has 4 heterocycles. The number of ether oxygens (including phenoxy) is 1. The number of piperidine rings is 1. The highest BCUT2D eigenvalue weighted by atomic mass is 16.5. The van der Waals surface area contributed by atoms with Crippen LogP contribution in [0.25, 0.3) is 22.3 Å². The molecule has 2 fully saturated rings. The number of aromatic hydroxyl groups is 1. The van der Waals surface area contributed by atoms with E-state index in [-0.39, 0.29) is 23.8 Å². The number of phenols is 1. The lowest BCUT2D eigenvalue weighted by Crippen LogP contribution is -2.46. The van der Waals surface area contributed by atoms with Crippen molar-refractivity contribution in [2.75, 3.05) is 43.4 Å². The third kappa shape index (κ3) is 7.90. The molecule has 5 aromatic rings. The molecule has 276 valence electrons. The molecule has 2 amide bonds. The van der Waals surface area contributed by atoms with Crippen molar-refractivity contribution in [3.63, 3.8) is 0 Å². The van der Waals surface area contributed by atoms with Gasteiger partial charge in [0, 0.05) is 51.8 Å². The molecule has 0 bridgehead atoms. The van der Waals surface area contributed by atoms with Crippen LogP contribution in [-0.2, 0) is 29.6 Å². The molecule has 2 aliphatic heterocycles. The van der Waals surface area contributed by atoms with Crippen LogP contribution in [0.1, 0.15) is 55.7 Å². The van der Waals surface area contributed by atoms with E-state index >= 15 is 0 Å². The zero-order chi connectivity index (χ0) is 36.9. The second kappa shape index (κ2) is 15.9. The predicted molar refractivity (Wildman–Crippen MR) is 204 cm³/mol. The van der Waals surface area contributed by atoms with Gasteiger partial charge in [0.05, 0.1) is 29.0 Å². The molecule has 0 aliphatic carbocycles. The number of imidazole rings is 1. The highest BCUT2D eigenvalue weighted by Crippen LogP contribution is 2.32. The van der Waals surface area contributed by atoms with Crippen LogP contribution in [0, 0.1) is 0 Å². The van der Waals surface area contributed by atoms with Gasteiger partial charge in [0.1, 0.15) is 17.5 Å². The maximum Gasteiger partial charge on any atom is 0.329 e. The van der Waals surface area contributed by atoms with Crippen LogP contribution in [0.15, 0.2) is 77.6 Å². The molecule has 2 aliphatic rings. The van der Waals surface area contributed by atoms with E-state index in [2.05, 4.69) is 43.5 Å². The van der Waals surface area contributed by atoms with Crippen molar-refractivity contribution in [2.45, 2.75) is 57.5 Å². The second-order valence-corrected chi connectivity index (χ2v) is 13.9. The quantitative estimate of drug-likeness (QED) is 0.116. The van der Waals surface area contributed by atoms with Gasteiger partial charge in [0.2, 0.25) is 11.8 Å². The minimum atomic E-state index is -0.681. The number of fused-ring (bicyclic) bond motifs is 1. The maximum absolute atomic E-state index is 13.2. The zero-order valence-electron chi connectivity index (χ0n) is 30.0. The topological polar surface area (TPSA) is 161 Å². The van der Waals surface area contributed by atoms with E-state index in [1.165, 1.54) is 5.56 Å². The van der Waals surface area contributed by atoms with Crippen molar-refractivity contribution in [1.29, 1.82) is 0 Å². The number of carbonyl (C=O) groups is 2. The first-order valence-corrected chi connectivity index (χ1v) is 18.4. The Morgan fingerprint density at radius 3 is 2.51 bits per heavy atom. The smallest absolute Gasteiger partial charge is 0.329 e. The van der Waals surface area contributed by atoms with Gasteiger partial charge in [0.25, 0.3) is 0 Å². The number of para-hydroxylation sites is 2. The summed E-state index contributed by atoms with van der Waals surface area (Å²) in [5, 5.41) is 21.1. The number of nitrogens with one attached hydrogen (secondary N) is 1. The van der Waals surface area contributed by atoms with Crippen molar-refractivity contribution in [3.8, 4) is 22.8 Å². The third-order valence-corrected chi connectivity index (χ3v) is 10.3. The molecule has 1 atom stereocenters. The first-order valence-electron chi connectivity index (χ1n) is 18.4. The number of nitrogens with two attached hydrogens (primary N) is 1. The van der Waals surface area contributed by atoms with Gasteiger partial charge in [-0.05, 0) is 73.2 Å². The third-order valence-electron chi connectivity index (χ3n) is 10.3. The minimum Gasteiger partial charge on any atom is -0.507 e. The number of piperazine rings is 1. The highest BCUT2D eigenvalue weighted by Gasteiger charge is 2.31. The number of carbonyl (C=O) groups excluding carboxylic acids is 2. The van der Waals surface area contributed by atoms with Gasteiger partial charge in [0.15, 0.2) is 5.82 Å². The van der Waals surface area contributed by atoms with Crippen molar-refractivity contribution >= 4 is 34.4 Å². The Balaban J connectivity index is 0.853. The van der Waals surface area contributed by atoms with Gasteiger partial charge in [-0.15, -0.1) is 10.2 Å². The van der Waals surface area contributed by atoms with Crippen LogP contribution >= 0.6 is 0 Å². The van der Waals surface area contributed by atoms with E-state index in [0.29, 0.717) is 30.1 Å². The average Bonchev–Trinajstić information content (AvgIpc) is 3.41. The van der Waals surface area contributed by atoms with Gasteiger partial charge in [-0.3, -0.25) is 28.9 Å². The Hall–Kier alpha value is -5.69. The van der Waals surface area contributed by atoms with Gasteiger partial charge in [-0.1, -0.05) is 49.2 Å². The molecule has 4 N–H and O–H groups in total. The molecule has 2 saturated heterocycles. The van der Waals surface area contributed by atoms with Crippen LogP contribution in [0.4, 0.5) is 11.5 Å². The lowest BCUT2D eigenvalue weighted by molar-refractivity contribution is -0.135. The highest BCUT2D eigenvalue weighted by molar-refractivity contribution is 6.00.